The minimum atomic E-state index is -4.74. The lowest BCUT2D eigenvalue weighted by Gasteiger charge is -2.10. The number of anilines is 1. The molecule has 0 fully saturated rings. The molecular weight excluding hydrogens is 476 g/mol. The monoisotopic (exact) mass is 490 g/mol. The van der Waals surface area contributed by atoms with Gasteiger partial charge in [0.25, 0.3) is 10.0 Å². The Morgan fingerprint density at radius 2 is 1.81 bits per heavy atom. The predicted molar refractivity (Wildman–Crippen MR) is 108 cm³/mol. The van der Waals surface area contributed by atoms with Crippen molar-refractivity contribution in [3.8, 4) is 11.6 Å². The summed E-state index contributed by atoms with van der Waals surface area (Å²) in [4.78, 5) is 23.7. The zero-order valence-corrected chi connectivity index (χ0v) is 18.5. The molecule has 2 amide bonds. The number of urea groups is 1. The van der Waals surface area contributed by atoms with Crippen LogP contribution in [0.25, 0.3) is 5.65 Å². The molecular formula is C15H15ClN6O7S2. The third-order valence-electron chi connectivity index (χ3n) is 3.69. The Labute approximate surface area is 181 Å². The van der Waals surface area contributed by atoms with Crippen molar-refractivity contribution in [3.05, 3.63) is 29.5 Å². The molecule has 13 nitrogen and oxygen atoms in total. The summed E-state index contributed by atoms with van der Waals surface area (Å²) in [6.07, 6.45) is 2.01. The molecule has 3 aromatic rings. The number of pyridine rings is 1. The van der Waals surface area contributed by atoms with Gasteiger partial charge in [0.1, 0.15) is 16.5 Å². The number of fused-ring (bicyclic) bond motifs is 1. The van der Waals surface area contributed by atoms with E-state index in [0.29, 0.717) is 0 Å². The number of aromatic nitrogens is 4. The Morgan fingerprint density at radius 1 is 1.10 bits per heavy atom. The zero-order chi connectivity index (χ0) is 23.0. The van der Waals surface area contributed by atoms with Gasteiger partial charge < -0.3 is 9.47 Å². The van der Waals surface area contributed by atoms with E-state index in [1.54, 1.807) is 4.72 Å². The Morgan fingerprint density at radius 3 is 2.42 bits per heavy atom. The summed E-state index contributed by atoms with van der Waals surface area (Å²) in [5, 5.41) is 0.491. The average Bonchev–Trinajstić information content (AvgIpc) is 3.06. The van der Waals surface area contributed by atoms with Gasteiger partial charge in [-0.2, -0.15) is 13.4 Å². The van der Waals surface area contributed by atoms with Gasteiger partial charge in [0.15, 0.2) is 19.9 Å². The van der Waals surface area contributed by atoms with Gasteiger partial charge in [0, 0.05) is 12.3 Å². The van der Waals surface area contributed by atoms with Gasteiger partial charge >= 0.3 is 6.03 Å². The lowest BCUT2D eigenvalue weighted by Crippen LogP contribution is -2.36. The fourth-order valence-corrected chi connectivity index (χ4v) is 5.15. The molecule has 3 rings (SSSR count). The van der Waals surface area contributed by atoms with E-state index < -0.39 is 35.9 Å². The number of halogens is 1. The lowest BCUT2D eigenvalue weighted by molar-refractivity contribution is 0.256. The minimum absolute atomic E-state index is 0.00455. The number of carbonyl (C=O) groups is 1. The summed E-state index contributed by atoms with van der Waals surface area (Å²) >= 11 is 5.78. The number of sulfonamides is 1. The third-order valence-corrected chi connectivity index (χ3v) is 6.36. The first-order valence-corrected chi connectivity index (χ1v) is 11.9. The van der Waals surface area contributed by atoms with E-state index in [2.05, 4.69) is 20.3 Å². The fourth-order valence-electron chi connectivity index (χ4n) is 2.44. The molecule has 0 aliphatic heterocycles. The van der Waals surface area contributed by atoms with Crippen LogP contribution < -0.4 is 19.5 Å². The number of nitrogens with one attached hydrogen (secondary N) is 2. The highest BCUT2D eigenvalue weighted by atomic mass is 35.5. The number of amides is 2. The molecule has 0 saturated carbocycles. The van der Waals surface area contributed by atoms with Gasteiger partial charge in [0.05, 0.1) is 20.4 Å². The van der Waals surface area contributed by atoms with Crippen molar-refractivity contribution in [2.45, 2.75) is 10.1 Å². The molecule has 0 saturated heterocycles. The van der Waals surface area contributed by atoms with Crippen molar-refractivity contribution in [2.24, 2.45) is 0 Å². The van der Waals surface area contributed by atoms with Gasteiger partial charge in [-0.1, -0.05) is 11.6 Å². The number of imidazole rings is 1. The summed E-state index contributed by atoms with van der Waals surface area (Å²) in [5.74, 6) is -0.100. The minimum Gasteiger partial charge on any atom is -0.495 e. The smallest absolute Gasteiger partial charge is 0.335 e. The van der Waals surface area contributed by atoms with Crippen LogP contribution in [0.1, 0.15) is 0 Å². The van der Waals surface area contributed by atoms with E-state index in [-0.39, 0.29) is 28.4 Å². The molecule has 166 valence electrons. The van der Waals surface area contributed by atoms with Crippen molar-refractivity contribution in [2.75, 3.05) is 25.8 Å². The number of nitrogens with zero attached hydrogens (tertiary/aromatic N) is 4. The molecule has 0 radical (unpaired) electrons. The Kier molecular flexibility index (Phi) is 5.93. The molecule has 0 aromatic carbocycles. The largest absolute Gasteiger partial charge is 0.495 e. The molecule has 2 N–H and O–H groups in total. The number of hydrogen-bond donors (Lipinski definition) is 2. The fraction of sp³-hybridized carbons (Fsp3) is 0.200. The highest BCUT2D eigenvalue weighted by Crippen LogP contribution is 2.25. The lowest BCUT2D eigenvalue weighted by atomic mass is 10.4. The topological polar surface area (TPSA) is 171 Å². The second-order valence-corrected chi connectivity index (χ2v) is 9.82. The summed E-state index contributed by atoms with van der Waals surface area (Å²) in [6, 6.07) is 2.82. The molecule has 16 heteroatoms. The quantitative estimate of drug-likeness (QED) is 0.468. The van der Waals surface area contributed by atoms with E-state index >= 15 is 0 Å². The van der Waals surface area contributed by atoms with Gasteiger partial charge in [-0.15, -0.1) is 0 Å². The molecule has 3 aromatic heterocycles. The van der Waals surface area contributed by atoms with Crippen molar-refractivity contribution in [1.29, 1.82) is 0 Å². The van der Waals surface area contributed by atoms with E-state index in [1.807, 2.05) is 0 Å². The number of ether oxygens (including phenoxy) is 2. The number of carbonyl (C=O) groups excluding carboxylic acids is 1. The first-order valence-electron chi connectivity index (χ1n) is 8.13. The Hall–Kier alpha value is -3.17. The highest BCUT2D eigenvalue weighted by Gasteiger charge is 2.32. The SMILES string of the molecule is COc1ccc2nc(S(C)(=O)=O)c(S(=O)(=O)NC(=O)Nc3nc(Cl)cc(OC)n3)n2c1. The first-order chi connectivity index (χ1) is 14.4. The zero-order valence-electron chi connectivity index (χ0n) is 16.2. The van der Waals surface area contributed by atoms with Crippen LogP contribution in [0.15, 0.2) is 34.4 Å². The average molecular weight is 491 g/mol. The predicted octanol–water partition coefficient (Wildman–Crippen LogP) is 0.709. The van der Waals surface area contributed by atoms with Crippen molar-refractivity contribution in [1.82, 2.24) is 24.1 Å². The van der Waals surface area contributed by atoms with Crippen LogP contribution in [0.4, 0.5) is 10.7 Å². The normalized spacial score (nSPS) is 11.9. The second kappa shape index (κ2) is 8.16. The Balaban J connectivity index is 2.03. The van der Waals surface area contributed by atoms with Crippen LogP contribution in [-0.4, -0.2) is 62.7 Å². The molecule has 0 spiro atoms. The van der Waals surface area contributed by atoms with Crippen molar-refractivity contribution >= 4 is 49.1 Å². The van der Waals surface area contributed by atoms with Crippen LogP contribution in [-0.2, 0) is 19.9 Å². The van der Waals surface area contributed by atoms with Gasteiger partial charge in [-0.3, -0.25) is 9.72 Å². The number of rotatable bonds is 6. The number of sulfone groups is 1. The van der Waals surface area contributed by atoms with Crippen molar-refractivity contribution in [3.63, 3.8) is 0 Å². The molecule has 0 unspecified atom stereocenters. The summed E-state index contributed by atoms with van der Waals surface area (Å²) in [7, 11) is -6.19. The first kappa shape index (κ1) is 22.5. The van der Waals surface area contributed by atoms with Gasteiger partial charge in [0.2, 0.25) is 11.8 Å². The van der Waals surface area contributed by atoms with Gasteiger partial charge in [-0.05, 0) is 12.1 Å². The highest BCUT2D eigenvalue weighted by molar-refractivity contribution is 7.93. The second-order valence-electron chi connectivity index (χ2n) is 5.91. The van der Waals surface area contributed by atoms with Crippen molar-refractivity contribution < 1.29 is 31.1 Å². The van der Waals surface area contributed by atoms with Crippen LogP contribution >= 0.6 is 11.6 Å². The van der Waals surface area contributed by atoms with Crippen LogP contribution in [0.5, 0.6) is 11.6 Å². The van der Waals surface area contributed by atoms with Crippen LogP contribution in [0.3, 0.4) is 0 Å². The third kappa shape index (κ3) is 4.78. The summed E-state index contributed by atoms with van der Waals surface area (Å²) < 4.78 is 62.8. The van der Waals surface area contributed by atoms with E-state index in [0.717, 1.165) is 10.7 Å². The summed E-state index contributed by atoms with van der Waals surface area (Å²) in [5.41, 5.74) is 0.00455. The molecule has 3 heterocycles. The van der Waals surface area contributed by atoms with Gasteiger partial charge in [-0.25, -0.2) is 27.9 Å². The number of hydrogen-bond acceptors (Lipinski definition) is 10. The standard InChI is InChI=1S/C15H15ClN6O7S2/c1-28-8-4-5-10-18-12(30(3,24)25)13(22(10)7-8)31(26,27)21-15(23)20-14-17-9(16)6-11(19-14)29-2/h4-7H,1-3H3,(H2,17,19,20,21,23). The summed E-state index contributed by atoms with van der Waals surface area (Å²) in [6.45, 7) is 0. The maximum atomic E-state index is 12.9. The molecule has 0 aliphatic rings. The molecule has 0 aliphatic carbocycles. The van der Waals surface area contributed by atoms with Crippen LogP contribution in [0, 0.1) is 0 Å². The number of methoxy groups -OCH3 is 2. The van der Waals surface area contributed by atoms with E-state index in [9.17, 15) is 21.6 Å². The molecule has 0 atom stereocenters. The van der Waals surface area contributed by atoms with E-state index in [4.69, 9.17) is 21.1 Å². The van der Waals surface area contributed by atoms with E-state index in [1.165, 1.54) is 38.6 Å². The maximum absolute atomic E-state index is 12.9. The van der Waals surface area contributed by atoms with Crippen LogP contribution in [0.2, 0.25) is 5.15 Å². The molecule has 0 bridgehead atoms. The Bertz CT molecular complexity index is 1390. The maximum Gasteiger partial charge on any atom is 0.335 e. The molecule has 31 heavy (non-hydrogen) atoms.